The zero-order valence-corrected chi connectivity index (χ0v) is 17.0. The molecule has 158 valence electrons. The zero-order valence-electron chi connectivity index (χ0n) is 10.9. The van der Waals surface area contributed by atoms with Gasteiger partial charge in [-0.2, -0.15) is 39.5 Å². The van der Waals surface area contributed by atoms with E-state index in [1.807, 2.05) is 0 Å². The Morgan fingerprint density at radius 1 is 0.462 bits per heavy atom. The van der Waals surface area contributed by atoms with Crippen molar-refractivity contribution in [3.05, 3.63) is 0 Å². The van der Waals surface area contributed by atoms with Crippen molar-refractivity contribution in [3.63, 3.8) is 0 Å². The molecule has 23 heteroatoms. The third-order valence-electron chi connectivity index (χ3n) is 0.850. The molecular weight excluding hydrogens is 602 g/mol. The van der Waals surface area contributed by atoms with Crippen LogP contribution in [-0.4, -0.2) is 60.9 Å². The second kappa shape index (κ2) is 11.3. The van der Waals surface area contributed by atoms with Gasteiger partial charge in [0.15, 0.2) is 30.4 Å². The van der Waals surface area contributed by atoms with Gasteiger partial charge in [0.2, 0.25) is 0 Å². The summed E-state index contributed by atoms with van der Waals surface area (Å²) in [5, 5.41) is 0. The quantitative estimate of drug-likeness (QED) is 0.195. The van der Waals surface area contributed by atoms with Crippen LogP contribution in [0.25, 0.3) is 0 Å². The Hall–Kier alpha value is 0.255. The molecule has 10 nitrogen and oxygen atoms in total. The fourth-order valence-electron chi connectivity index (χ4n) is 0. The van der Waals surface area contributed by atoms with E-state index in [1.165, 1.54) is 0 Å². The molecule has 0 aliphatic heterocycles. The summed E-state index contributed by atoms with van der Waals surface area (Å²) in [7, 11) is -18.3. The third kappa shape index (κ3) is 17.7. The Labute approximate surface area is 165 Å². The van der Waals surface area contributed by atoms with Gasteiger partial charge in [-0.3, -0.25) is 0 Å². The van der Waals surface area contributed by atoms with E-state index in [1.54, 1.807) is 0 Å². The average Bonchev–Trinajstić information content (AvgIpc) is 2.08. The molecule has 0 bridgehead atoms. The SMILES string of the molecule is O.O=S(=O)([O-])C(F)(F)F.O=S(=O)([O-])C(F)(F)F.O=S(=O)([O-])C(F)(F)F.[La+3]. The second-order valence-electron chi connectivity index (χ2n) is 2.70. The van der Waals surface area contributed by atoms with Crippen molar-refractivity contribution in [1.82, 2.24) is 0 Å². The van der Waals surface area contributed by atoms with Crippen molar-refractivity contribution >= 4 is 30.4 Å². The Morgan fingerprint density at radius 3 is 0.500 bits per heavy atom. The van der Waals surface area contributed by atoms with Crippen molar-refractivity contribution < 1.29 is 120 Å². The number of rotatable bonds is 0. The number of halogens is 9. The monoisotopic (exact) mass is 604 g/mol. The molecule has 0 radical (unpaired) electrons. The Kier molecular flexibility index (Phi) is 16.1. The van der Waals surface area contributed by atoms with Crippen molar-refractivity contribution in [3.8, 4) is 0 Å². The first-order valence-electron chi connectivity index (χ1n) is 3.81. The summed E-state index contributed by atoms with van der Waals surface area (Å²) in [6, 6.07) is 0. The van der Waals surface area contributed by atoms with Gasteiger partial charge in [0.05, 0.1) is 0 Å². The first-order chi connectivity index (χ1) is 9.75. The standard InChI is InChI=1S/3CHF3O3S.La.H2O/c3*2-1(3,4)8(5,6)7;;/h3*(H,5,6,7);;1H2/q;;;+3;/p-3. The van der Waals surface area contributed by atoms with Gasteiger partial charge in [-0.15, -0.1) is 0 Å². The first kappa shape index (κ1) is 37.1. The Balaban J connectivity index is -0.0000000817. The molecule has 0 amide bonds. The molecule has 0 saturated carbocycles. The minimum absolute atomic E-state index is 0. The van der Waals surface area contributed by atoms with E-state index in [0.717, 1.165) is 0 Å². The van der Waals surface area contributed by atoms with E-state index in [9.17, 15) is 39.5 Å². The fourth-order valence-corrected chi connectivity index (χ4v) is 0. The molecule has 0 aromatic heterocycles. The van der Waals surface area contributed by atoms with Crippen LogP contribution in [0.5, 0.6) is 0 Å². The summed E-state index contributed by atoms with van der Waals surface area (Å²) >= 11 is 0. The molecule has 0 rings (SSSR count). The van der Waals surface area contributed by atoms with E-state index in [2.05, 4.69) is 0 Å². The van der Waals surface area contributed by atoms with E-state index in [4.69, 9.17) is 38.9 Å². The summed E-state index contributed by atoms with van der Waals surface area (Å²) in [4.78, 5) is 0. The molecular formula is C3H2F9LaO10S3. The van der Waals surface area contributed by atoms with Gasteiger partial charge < -0.3 is 19.1 Å². The Morgan fingerprint density at radius 2 is 0.500 bits per heavy atom. The van der Waals surface area contributed by atoms with E-state index in [0.29, 0.717) is 0 Å². The molecule has 0 aromatic carbocycles. The molecule has 0 fully saturated rings. The molecule has 2 N–H and O–H groups in total. The van der Waals surface area contributed by atoms with Crippen LogP contribution in [-0.2, 0) is 30.4 Å². The fraction of sp³-hybridized carbons (Fsp3) is 1.00. The van der Waals surface area contributed by atoms with Crippen LogP contribution in [0.2, 0.25) is 0 Å². The summed E-state index contributed by atoms with van der Waals surface area (Å²) in [5.41, 5.74) is -16.9. The number of hydrogen-bond donors (Lipinski definition) is 0. The maximum absolute atomic E-state index is 10.7. The topological polar surface area (TPSA) is 203 Å². The minimum atomic E-state index is -6.09. The predicted octanol–water partition coefficient (Wildman–Crippen LogP) is -0.670. The van der Waals surface area contributed by atoms with Gasteiger partial charge in [-0.05, 0) is 0 Å². The van der Waals surface area contributed by atoms with Crippen molar-refractivity contribution in [2.75, 3.05) is 0 Å². The van der Waals surface area contributed by atoms with Crippen LogP contribution in [0.4, 0.5) is 39.5 Å². The first-order valence-corrected chi connectivity index (χ1v) is 8.04. The number of alkyl halides is 9. The largest absolute Gasteiger partial charge is 3.00 e. The van der Waals surface area contributed by atoms with Gasteiger partial charge in [0.1, 0.15) is 0 Å². The van der Waals surface area contributed by atoms with E-state index >= 15 is 0 Å². The van der Waals surface area contributed by atoms with Gasteiger partial charge in [0, 0.05) is 0 Å². The van der Waals surface area contributed by atoms with Gasteiger partial charge in [0.25, 0.3) is 0 Å². The second-order valence-corrected chi connectivity index (χ2v) is 6.81. The van der Waals surface area contributed by atoms with Gasteiger partial charge in [-0.1, -0.05) is 0 Å². The molecule has 0 heterocycles. The molecule has 0 unspecified atom stereocenters. The van der Waals surface area contributed by atoms with Crippen LogP contribution >= 0.6 is 0 Å². The average molecular weight is 604 g/mol. The normalized spacial score (nSPS) is 12.9. The van der Waals surface area contributed by atoms with E-state index in [-0.39, 0.29) is 41.1 Å². The molecule has 0 spiro atoms. The molecule has 0 aliphatic carbocycles. The van der Waals surface area contributed by atoms with Gasteiger partial charge >= 0.3 is 52.1 Å². The maximum Gasteiger partial charge on any atom is 3.00 e. The van der Waals surface area contributed by atoms with Crippen LogP contribution in [0, 0.1) is 35.6 Å². The van der Waals surface area contributed by atoms with Crippen molar-refractivity contribution in [2.24, 2.45) is 0 Å². The predicted molar refractivity (Wildman–Crippen MR) is 50.9 cm³/mol. The summed E-state index contributed by atoms with van der Waals surface area (Å²) < 4.78 is 177. The molecule has 26 heavy (non-hydrogen) atoms. The third-order valence-corrected chi connectivity index (χ3v) is 2.55. The zero-order chi connectivity index (χ0) is 21.0. The Bertz CT molecular complexity index is 598. The van der Waals surface area contributed by atoms with Crippen LogP contribution in [0.3, 0.4) is 0 Å². The van der Waals surface area contributed by atoms with Crippen LogP contribution < -0.4 is 0 Å². The van der Waals surface area contributed by atoms with Gasteiger partial charge in [-0.25, -0.2) is 25.3 Å². The summed E-state index contributed by atoms with van der Waals surface area (Å²) in [5.74, 6) is 0. The van der Waals surface area contributed by atoms with Crippen molar-refractivity contribution in [2.45, 2.75) is 16.5 Å². The molecule has 0 atom stereocenters. The van der Waals surface area contributed by atoms with Crippen LogP contribution in [0.15, 0.2) is 0 Å². The van der Waals surface area contributed by atoms with Crippen LogP contribution in [0.1, 0.15) is 0 Å². The maximum atomic E-state index is 10.7. The molecule has 0 saturated heterocycles. The molecule has 0 aromatic rings. The number of hydrogen-bond acceptors (Lipinski definition) is 9. The molecule has 0 aliphatic rings. The van der Waals surface area contributed by atoms with Crippen molar-refractivity contribution in [1.29, 1.82) is 0 Å². The summed E-state index contributed by atoms with van der Waals surface area (Å²) in [6.45, 7) is 0. The minimum Gasteiger partial charge on any atom is -0.741 e. The van der Waals surface area contributed by atoms with E-state index < -0.39 is 46.9 Å². The smallest absolute Gasteiger partial charge is 0.741 e. The summed E-state index contributed by atoms with van der Waals surface area (Å²) in [6.07, 6.45) is 0.